The van der Waals surface area contributed by atoms with E-state index in [0.29, 0.717) is 5.56 Å². The molecule has 1 rings (SSSR count). The molecule has 0 unspecified atom stereocenters. The SMILES string of the molecule is CC(C)(C)c1ccc(S(C)(=O)=O)c(C(F)(F)F)c1. The summed E-state index contributed by atoms with van der Waals surface area (Å²) < 4.78 is 61.4. The molecular weight excluding hydrogens is 265 g/mol. The Morgan fingerprint density at radius 1 is 1.06 bits per heavy atom. The summed E-state index contributed by atoms with van der Waals surface area (Å²) >= 11 is 0. The maximum Gasteiger partial charge on any atom is 0.417 e. The van der Waals surface area contributed by atoms with Gasteiger partial charge in [0.15, 0.2) is 9.84 Å². The Bertz CT molecular complexity index is 552. The number of benzene rings is 1. The third-order valence-corrected chi connectivity index (χ3v) is 3.71. The van der Waals surface area contributed by atoms with Gasteiger partial charge in [0.25, 0.3) is 0 Å². The molecule has 102 valence electrons. The fourth-order valence-electron chi connectivity index (χ4n) is 1.54. The lowest BCUT2D eigenvalue weighted by Crippen LogP contribution is -2.17. The van der Waals surface area contributed by atoms with E-state index in [-0.39, 0.29) is 0 Å². The highest BCUT2D eigenvalue weighted by Gasteiger charge is 2.37. The number of hydrogen-bond donors (Lipinski definition) is 0. The van der Waals surface area contributed by atoms with Crippen LogP contribution in [0.2, 0.25) is 0 Å². The number of hydrogen-bond acceptors (Lipinski definition) is 2. The Labute approximate surface area is 105 Å². The fourth-order valence-corrected chi connectivity index (χ4v) is 2.43. The van der Waals surface area contributed by atoms with Crippen LogP contribution in [-0.2, 0) is 21.4 Å². The van der Waals surface area contributed by atoms with Crippen molar-refractivity contribution in [3.8, 4) is 0 Å². The lowest BCUT2D eigenvalue weighted by molar-refractivity contribution is -0.139. The molecule has 0 fully saturated rings. The molecule has 0 N–H and O–H groups in total. The van der Waals surface area contributed by atoms with Crippen molar-refractivity contribution >= 4 is 9.84 Å². The first-order valence-electron chi connectivity index (χ1n) is 5.25. The Hall–Kier alpha value is -1.04. The second-order valence-electron chi connectivity index (χ2n) is 5.23. The summed E-state index contributed by atoms with van der Waals surface area (Å²) in [4.78, 5) is -0.678. The van der Waals surface area contributed by atoms with Gasteiger partial charge in [-0.05, 0) is 23.1 Å². The Morgan fingerprint density at radius 2 is 1.56 bits per heavy atom. The predicted octanol–water partition coefficient (Wildman–Crippen LogP) is 3.41. The van der Waals surface area contributed by atoms with Gasteiger partial charge >= 0.3 is 6.18 Å². The third-order valence-electron chi connectivity index (χ3n) is 2.55. The average Bonchev–Trinajstić information content (AvgIpc) is 2.12. The molecule has 0 heterocycles. The van der Waals surface area contributed by atoms with Gasteiger partial charge < -0.3 is 0 Å². The van der Waals surface area contributed by atoms with Crippen LogP contribution in [0.1, 0.15) is 31.9 Å². The van der Waals surface area contributed by atoms with Gasteiger partial charge in [-0.2, -0.15) is 13.2 Å². The largest absolute Gasteiger partial charge is 0.417 e. The third kappa shape index (κ3) is 3.25. The molecule has 0 bridgehead atoms. The van der Waals surface area contributed by atoms with Crippen molar-refractivity contribution in [2.75, 3.05) is 6.26 Å². The number of sulfone groups is 1. The monoisotopic (exact) mass is 280 g/mol. The molecule has 2 nitrogen and oxygen atoms in total. The highest BCUT2D eigenvalue weighted by Crippen LogP contribution is 2.37. The summed E-state index contributed by atoms with van der Waals surface area (Å²) in [5, 5.41) is 0. The lowest BCUT2D eigenvalue weighted by Gasteiger charge is -2.21. The van der Waals surface area contributed by atoms with Gasteiger partial charge in [0.05, 0.1) is 10.5 Å². The molecule has 0 aliphatic rings. The topological polar surface area (TPSA) is 34.1 Å². The van der Waals surface area contributed by atoms with Crippen LogP contribution in [0.4, 0.5) is 13.2 Å². The molecule has 1 aromatic carbocycles. The summed E-state index contributed by atoms with van der Waals surface area (Å²) in [7, 11) is -3.90. The molecule has 6 heteroatoms. The zero-order valence-electron chi connectivity index (χ0n) is 10.6. The van der Waals surface area contributed by atoms with Gasteiger partial charge in [0, 0.05) is 6.26 Å². The van der Waals surface area contributed by atoms with Crippen molar-refractivity contribution in [1.29, 1.82) is 0 Å². The van der Waals surface area contributed by atoms with Crippen LogP contribution in [0.3, 0.4) is 0 Å². The number of rotatable bonds is 1. The van der Waals surface area contributed by atoms with E-state index >= 15 is 0 Å². The summed E-state index contributed by atoms with van der Waals surface area (Å²) in [5.41, 5.74) is -1.13. The van der Waals surface area contributed by atoms with Crippen LogP contribution in [0.5, 0.6) is 0 Å². The quantitative estimate of drug-likeness (QED) is 0.790. The summed E-state index contributed by atoms with van der Waals surface area (Å²) in [6.07, 6.45) is -3.91. The van der Waals surface area contributed by atoms with Crippen LogP contribution < -0.4 is 0 Å². The van der Waals surface area contributed by atoms with Crippen molar-refractivity contribution in [2.24, 2.45) is 0 Å². The Balaban J connectivity index is 3.61. The minimum atomic E-state index is -4.68. The lowest BCUT2D eigenvalue weighted by atomic mass is 9.86. The van der Waals surface area contributed by atoms with Crippen LogP contribution in [0.15, 0.2) is 23.1 Å². The zero-order chi connectivity index (χ0) is 14.4. The van der Waals surface area contributed by atoms with Gasteiger partial charge in [-0.25, -0.2) is 8.42 Å². The molecule has 0 spiro atoms. The molecule has 0 atom stereocenters. The van der Waals surface area contributed by atoms with Gasteiger partial charge in [0.1, 0.15) is 0 Å². The fraction of sp³-hybridized carbons (Fsp3) is 0.500. The number of alkyl halides is 3. The van der Waals surface area contributed by atoms with Gasteiger partial charge in [-0.3, -0.25) is 0 Å². The molecule has 0 amide bonds. The van der Waals surface area contributed by atoms with Crippen LogP contribution in [-0.4, -0.2) is 14.7 Å². The van der Waals surface area contributed by atoms with E-state index in [9.17, 15) is 21.6 Å². The first-order chi connectivity index (χ1) is 7.83. The first kappa shape index (κ1) is 15.0. The van der Waals surface area contributed by atoms with Crippen LogP contribution in [0, 0.1) is 0 Å². The van der Waals surface area contributed by atoms with Gasteiger partial charge in [-0.15, -0.1) is 0 Å². The smallest absolute Gasteiger partial charge is 0.224 e. The molecule has 18 heavy (non-hydrogen) atoms. The van der Waals surface area contributed by atoms with E-state index in [4.69, 9.17) is 0 Å². The van der Waals surface area contributed by atoms with Crippen molar-refractivity contribution in [3.63, 3.8) is 0 Å². The molecule has 0 aliphatic carbocycles. The maximum absolute atomic E-state index is 12.9. The standard InChI is InChI=1S/C12H15F3O2S/c1-11(2,3)8-5-6-10(18(4,16)17)9(7-8)12(13,14)15/h5-7H,1-4H3. The van der Waals surface area contributed by atoms with E-state index in [2.05, 4.69) is 0 Å². The molecule has 1 aromatic rings. The van der Waals surface area contributed by atoms with Crippen LogP contribution in [0.25, 0.3) is 0 Å². The minimum absolute atomic E-state index is 0.447. The summed E-state index contributed by atoms with van der Waals surface area (Å²) in [6.45, 7) is 5.30. The van der Waals surface area contributed by atoms with Crippen LogP contribution >= 0.6 is 0 Å². The minimum Gasteiger partial charge on any atom is -0.224 e. The van der Waals surface area contributed by atoms with E-state index in [0.717, 1.165) is 18.4 Å². The second-order valence-corrected chi connectivity index (χ2v) is 7.22. The maximum atomic E-state index is 12.9. The second kappa shape index (κ2) is 4.26. The summed E-state index contributed by atoms with van der Waals surface area (Å²) in [5.74, 6) is 0. The van der Waals surface area contributed by atoms with Crippen molar-refractivity contribution in [1.82, 2.24) is 0 Å². The van der Waals surface area contributed by atoms with Crippen molar-refractivity contribution in [3.05, 3.63) is 29.3 Å². The normalized spacial score (nSPS) is 13.7. The van der Waals surface area contributed by atoms with Gasteiger partial charge in [-0.1, -0.05) is 26.8 Å². The van der Waals surface area contributed by atoms with E-state index in [1.54, 1.807) is 20.8 Å². The number of halogens is 3. The molecule has 0 saturated heterocycles. The van der Waals surface area contributed by atoms with Gasteiger partial charge in [0.2, 0.25) is 0 Å². The van der Waals surface area contributed by atoms with Crippen molar-refractivity contribution < 1.29 is 21.6 Å². The molecular formula is C12H15F3O2S. The zero-order valence-corrected chi connectivity index (χ0v) is 11.4. The molecule has 0 aliphatic heterocycles. The predicted molar refractivity (Wildman–Crippen MR) is 63.3 cm³/mol. The molecule has 0 radical (unpaired) electrons. The van der Waals surface area contributed by atoms with E-state index in [1.807, 2.05) is 0 Å². The Morgan fingerprint density at radius 3 is 1.89 bits per heavy atom. The highest BCUT2D eigenvalue weighted by atomic mass is 32.2. The first-order valence-corrected chi connectivity index (χ1v) is 7.14. The molecule has 0 saturated carbocycles. The highest BCUT2D eigenvalue weighted by molar-refractivity contribution is 7.90. The Kier molecular flexibility index (Phi) is 3.55. The van der Waals surface area contributed by atoms with E-state index in [1.165, 1.54) is 6.07 Å². The average molecular weight is 280 g/mol. The molecule has 0 aromatic heterocycles. The van der Waals surface area contributed by atoms with E-state index < -0.39 is 31.9 Å². The van der Waals surface area contributed by atoms with Crippen molar-refractivity contribution in [2.45, 2.75) is 37.3 Å². The summed E-state index contributed by atoms with van der Waals surface area (Å²) in [6, 6.07) is 3.36.